The van der Waals surface area contributed by atoms with Gasteiger partial charge in [-0.15, -0.1) is 0 Å². The van der Waals surface area contributed by atoms with Gasteiger partial charge in [-0.1, -0.05) is 32.9 Å². The molecule has 0 saturated carbocycles. The molecule has 1 heterocycles. The van der Waals surface area contributed by atoms with Crippen LogP contribution in [0.15, 0.2) is 67.5 Å². The molecule has 0 bridgehead atoms. The average molecular weight is 360 g/mol. The van der Waals surface area contributed by atoms with Gasteiger partial charge in [-0.05, 0) is 47.4 Å². The predicted molar refractivity (Wildman–Crippen MR) is 93.0 cm³/mol. The Balaban J connectivity index is 2.15. The molecule has 25 heavy (non-hydrogen) atoms. The fourth-order valence-corrected chi connectivity index (χ4v) is 3.82. The summed E-state index contributed by atoms with van der Waals surface area (Å²) in [5.41, 5.74) is 0.00780. The van der Waals surface area contributed by atoms with Gasteiger partial charge in [0.1, 0.15) is 11.4 Å². The Morgan fingerprint density at radius 1 is 0.960 bits per heavy atom. The van der Waals surface area contributed by atoms with Crippen LogP contribution in [-0.4, -0.2) is 8.42 Å². The van der Waals surface area contributed by atoms with E-state index >= 15 is 0 Å². The second-order valence-corrected chi connectivity index (χ2v) is 8.78. The highest BCUT2D eigenvalue weighted by Gasteiger charge is 2.24. The van der Waals surface area contributed by atoms with Gasteiger partial charge in [0.25, 0.3) is 0 Å². The molecule has 0 radical (unpaired) electrons. The Bertz CT molecular complexity index is 1100. The minimum atomic E-state index is -4.06. The van der Waals surface area contributed by atoms with Gasteiger partial charge in [0.15, 0.2) is 4.90 Å². The van der Waals surface area contributed by atoms with E-state index in [0.717, 1.165) is 23.8 Å². The van der Waals surface area contributed by atoms with Crippen molar-refractivity contribution in [3.05, 3.63) is 70.3 Å². The summed E-state index contributed by atoms with van der Waals surface area (Å²) in [6.07, 6.45) is 0. The molecule has 0 aliphatic heterocycles. The maximum Gasteiger partial charge on any atom is 0.355 e. The molecule has 0 spiro atoms. The minimum Gasteiger partial charge on any atom is -0.422 e. The van der Waals surface area contributed by atoms with E-state index in [4.69, 9.17) is 4.42 Å². The lowest BCUT2D eigenvalue weighted by Crippen LogP contribution is -2.15. The van der Waals surface area contributed by atoms with Crippen LogP contribution >= 0.6 is 0 Å². The van der Waals surface area contributed by atoms with Crippen molar-refractivity contribution in [2.24, 2.45) is 0 Å². The lowest BCUT2D eigenvalue weighted by Gasteiger charge is -2.19. The first kappa shape index (κ1) is 17.4. The van der Waals surface area contributed by atoms with E-state index in [2.05, 4.69) is 0 Å². The van der Waals surface area contributed by atoms with Crippen molar-refractivity contribution in [2.45, 2.75) is 36.0 Å². The molecule has 0 saturated heterocycles. The van der Waals surface area contributed by atoms with Crippen molar-refractivity contribution in [3.63, 3.8) is 0 Å². The van der Waals surface area contributed by atoms with Crippen molar-refractivity contribution >= 4 is 20.8 Å². The van der Waals surface area contributed by atoms with E-state index in [-0.39, 0.29) is 21.3 Å². The number of halogens is 1. The number of benzene rings is 2. The van der Waals surface area contributed by atoms with E-state index < -0.39 is 26.2 Å². The number of hydrogen-bond acceptors (Lipinski definition) is 4. The summed E-state index contributed by atoms with van der Waals surface area (Å²) in [7, 11) is -4.06. The number of fused-ring (bicyclic) bond motifs is 1. The Labute approximate surface area is 144 Å². The van der Waals surface area contributed by atoms with Gasteiger partial charge in [-0.2, -0.15) is 0 Å². The van der Waals surface area contributed by atoms with E-state index in [1.54, 1.807) is 12.1 Å². The summed E-state index contributed by atoms with van der Waals surface area (Å²) in [6.45, 7) is 6.05. The van der Waals surface area contributed by atoms with Gasteiger partial charge in [-0.3, -0.25) is 0 Å². The molecule has 0 atom stereocenters. The van der Waals surface area contributed by atoms with Gasteiger partial charge >= 0.3 is 5.63 Å². The molecular formula is C19H17FO4S. The maximum atomic E-state index is 13.4. The zero-order chi connectivity index (χ0) is 18.4. The molecule has 2 aromatic carbocycles. The zero-order valence-electron chi connectivity index (χ0n) is 14.0. The third kappa shape index (κ3) is 3.22. The van der Waals surface area contributed by atoms with Crippen molar-refractivity contribution in [3.8, 4) is 0 Å². The first-order valence-electron chi connectivity index (χ1n) is 7.68. The van der Waals surface area contributed by atoms with Crippen molar-refractivity contribution in [1.82, 2.24) is 0 Å². The van der Waals surface area contributed by atoms with Gasteiger partial charge in [0, 0.05) is 5.39 Å². The second kappa shape index (κ2) is 5.81. The molecule has 3 aromatic rings. The minimum absolute atomic E-state index is 0.0106. The smallest absolute Gasteiger partial charge is 0.355 e. The van der Waals surface area contributed by atoms with E-state index in [0.29, 0.717) is 0 Å². The third-order valence-corrected chi connectivity index (χ3v) is 5.74. The van der Waals surface area contributed by atoms with Crippen LogP contribution in [0.5, 0.6) is 0 Å². The summed E-state index contributed by atoms with van der Waals surface area (Å²) in [5, 5.41) is 0.212. The molecule has 0 fully saturated rings. The highest BCUT2D eigenvalue weighted by Crippen LogP contribution is 2.26. The predicted octanol–water partition coefficient (Wildman–Crippen LogP) is 4.06. The Morgan fingerprint density at radius 3 is 2.20 bits per heavy atom. The molecule has 130 valence electrons. The highest BCUT2D eigenvalue weighted by atomic mass is 32.2. The van der Waals surface area contributed by atoms with Crippen LogP contribution in [0.3, 0.4) is 0 Å². The van der Waals surface area contributed by atoms with E-state index in [1.165, 1.54) is 18.2 Å². The summed E-state index contributed by atoms with van der Waals surface area (Å²) in [5.74, 6) is -0.542. The molecule has 0 aliphatic carbocycles. The molecule has 0 N–H and O–H groups in total. The van der Waals surface area contributed by atoms with Crippen LogP contribution < -0.4 is 5.63 Å². The van der Waals surface area contributed by atoms with Crippen LogP contribution in [0, 0.1) is 5.82 Å². The Hall–Kier alpha value is -2.47. The van der Waals surface area contributed by atoms with Crippen molar-refractivity contribution in [1.29, 1.82) is 0 Å². The first-order valence-corrected chi connectivity index (χ1v) is 9.16. The van der Waals surface area contributed by atoms with Crippen LogP contribution in [0.25, 0.3) is 11.0 Å². The van der Waals surface area contributed by atoms with Crippen molar-refractivity contribution in [2.75, 3.05) is 0 Å². The molecule has 1 aromatic heterocycles. The highest BCUT2D eigenvalue weighted by molar-refractivity contribution is 7.91. The number of sulfone groups is 1. The van der Waals surface area contributed by atoms with E-state index in [1.807, 2.05) is 20.8 Å². The first-order chi connectivity index (χ1) is 11.6. The molecule has 0 unspecified atom stereocenters. The van der Waals surface area contributed by atoms with Crippen LogP contribution in [0.2, 0.25) is 0 Å². The summed E-state index contributed by atoms with van der Waals surface area (Å²) < 4.78 is 44.0. The monoisotopic (exact) mass is 360 g/mol. The van der Waals surface area contributed by atoms with E-state index in [9.17, 15) is 17.6 Å². The number of hydrogen-bond donors (Lipinski definition) is 0. The van der Waals surface area contributed by atoms with Gasteiger partial charge in [0.2, 0.25) is 9.84 Å². The molecule has 0 aliphatic rings. The average Bonchev–Trinajstić information content (AvgIpc) is 2.54. The lowest BCUT2D eigenvalue weighted by atomic mass is 9.87. The van der Waals surface area contributed by atoms with Gasteiger partial charge in [0.05, 0.1) is 4.90 Å². The Morgan fingerprint density at radius 2 is 1.60 bits per heavy atom. The number of rotatable bonds is 2. The molecule has 6 heteroatoms. The van der Waals surface area contributed by atoms with Crippen LogP contribution in [-0.2, 0) is 15.3 Å². The quantitative estimate of drug-likeness (QED) is 0.647. The largest absolute Gasteiger partial charge is 0.422 e. The topological polar surface area (TPSA) is 64.3 Å². The van der Waals surface area contributed by atoms with Gasteiger partial charge in [-0.25, -0.2) is 17.6 Å². The summed E-state index contributed by atoms with van der Waals surface area (Å²) in [4.78, 5) is 11.6. The normalized spacial score (nSPS) is 12.5. The lowest BCUT2D eigenvalue weighted by molar-refractivity contribution is 0.531. The molecular weight excluding hydrogens is 343 g/mol. The molecule has 3 rings (SSSR count). The summed E-state index contributed by atoms with van der Waals surface area (Å²) in [6, 6.07) is 11.1. The van der Waals surface area contributed by atoms with Gasteiger partial charge < -0.3 is 4.42 Å². The molecule has 0 amide bonds. The summed E-state index contributed by atoms with van der Waals surface area (Å²) >= 11 is 0. The van der Waals surface area contributed by atoms with Crippen LogP contribution in [0.4, 0.5) is 4.39 Å². The third-order valence-electron chi connectivity index (χ3n) is 3.98. The fraction of sp³-hybridized carbons (Fsp3) is 0.211. The SMILES string of the molecule is CC(C)(C)c1ccc(S(=O)(=O)c2cc3cc(F)ccc3oc2=O)cc1. The maximum absolute atomic E-state index is 13.4. The zero-order valence-corrected chi connectivity index (χ0v) is 14.9. The fourth-order valence-electron chi connectivity index (χ4n) is 2.52. The van der Waals surface area contributed by atoms with Crippen molar-refractivity contribution < 1.29 is 17.2 Å². The second-order valence-electron chi connectivity index (χ2n) is 6.86. The van der Waals surface area contributed by atoms with Crippen LogP contribution in [0.1, 0.15) is 26.3 Å². The molecule has 4 nitrogen and oxygen atoms in total. The Kier molecular flexibility index (Phi) is 4.03. The standard InChI is InChI=1S/C19H17FO4S/c1-19(2,3)13-4-7-15(8-5-13)25(22,23)17-11-12-10-14(20)6-9-16(12)24-18(17)21/h4-11H,1-3H3.